The highest BCUT2D eigenvalue weighted by Gasteiger charge is 2.21. The maximum Gasteiger partial charge on any atom is 0.261 e. The average Bonchev–Trinajstić information content (AvgIpc) is 2.96. The van der Waals surface area contributed by atoms with Crippen molar-refractivity contribution in [2.45, 2.75) is 38.5 Å². The summed E-state index contributed by atoms with van der Waals surface area (Å²) in [7, 11) is 0. The third-order valence-electron chi connectivity index (χ3n) is 2.47. The van der Waals surface area contributed by atoms with Gasteiger partial charge in [0.1, 0.15) is 12.4 Å². The van der Waals surface area contributed by atoms with Crippen LogP contribution in [0.3, 0.4) is 0 Å². The Bertz CT molecular complexity index is 324. The van der Waals surface area contributed by atoms with Gasteiger partial charge in [0.15, 0.2) is 0 Å². The minimum Gasteiger partial charge on any atom is -0.468 e. The average molecular weight is 231 g/mol. The molecule has 0 aromatic carbocycles. The Balaban J connectivity index is 1.76. The Morgan fingerprint density at radius 3 is 3.00 bits per heavy atom. The van der Waals surface area contributed by atoms with Crippen molar-refractivity contribution in [2.75, 3.05) is 6.61 Å². The zero-order valence-electron chi connectivity index (χ0n) is 8.92. The lowest BCUT2D eigenvalue weighted by atomic mass is 10.2. The van der Waals surface area contributed by atoms with Gasteiger partial charge in [0.05, 0.1) is 19.4 Å². The molecule has 5 heteroatoms. The minimum atomic E-state index is -2.42. The summed E-state index contributed by atoms with van der Waals surface area (Å²) in [5, 5.41) is 3.30. The number of halogens is 2. The van der Waals surface area contributed by atoms with Crippen molar-refractivity contribution in [3.63, 3.8) is 0 Å². The summed E-state index contributed by atoms with van der Waals surface area (Å²) in [4.78, 5) is 0. The Hall–Kier alpha value is -0.940. The van der Waals surface area contributed by atoms with E-state index in [1.807, 2.05) is 0 Å². The van der Waals surface area contributed by atoms with Gasteiger partial charge in [0.2, 0.25) is 0 Å². The predicted octanol–water partition coefficient (Wildman–Crippen LogP) is 2.31. The second-order valence-electron chi connectivity index (χ2n) is 3.93. The summed E-state index contributed by atoms with van der Waals surface area (Å²) >= 11 is 0. The molecule has 0 radical (unpaired) electrons. The molecule has 0 unspecified atom stereocenters. The van der Waals surface area contributed by atoms with Crippen LogP contribution in [0.4, 0.5) is 8.78 Å². The molecule has 0 amide bonds. The maximum atomic E-state index is 11.9. The summed E-state index contributed by atoms with van der Waals surface area (Å²) in [6.07, 6.45) is 1.56. The van der Waals surface area contributed by atoms with E-state index < -0.39 is 13.0 Å². The van der Waals surface area contributed by atoms with Gasteiger partial charge in [-0.3, -0.25) is 0 Å². The van der Waals surface area contributed by atoms with Crippen molar-refractivity contribution in [2.24, 2.45) is 0 Å². The zero-order chi connectivity index (χ0) is 11.4. The highest BCUT2D eigenvalue weighted by molar-refractivity contribution is 5.16. The van der Waals surface area contributed by atoms with Crippen molar-refractivity contribution >= 4 is 0 Å². The molecule has 1 N–H and O–H groups in total. The fourth-order valence-electron chi connectivity index (χ4n) is 1.43. The number of alkyl halides is 2. The van der Waals surface area contributed by atoms with Crippen molar-refractivity contribution < 1.29 is 17.9 Å². The summed E-state index contributed by atoms with van der Waals surface area (Å²) in [5.41, 5.74) is 0.841. The molecule has 1 heterocycles. The van der Waals surface area contributed by atoms with Crippen LogP contribution in [0.15, 0.2) is 16.7 Å². The van der Waals surface area contributed by atoms with Crippen LogP contribution in [0.2, 0.25) is 0 Å². The molecule has 0 spiro atoms. The Labute approximate surface area is 92.8 Å². The van der Waals surface area contributed by atoms with Gasteiger partial charge in [0.25, 0.3) is 6.43 Å². The van der Waals surface area contributed by atoms with E-state index in [1.54, 1.807) is 12.3 Å². The largest absolute Gasteiger partial charge is 0.468 e. The van der Waals surface area contributed by atoms with E-state index in [9.17, 15) is 8.78 Å². The predicted molar refractivity (Wildman–Crippen MR) is 54.2 cm³/mol. The molecule has 1 fully saturated rings. The van der Waals surface area contributed by atoms with E-state index in [2.05, 4.69) is 5.32 Å². The monoisotopic (exact) mass is 231 g/mol. The molecule has 1 saturated carbocycles. The van der Waals surface area contributed by atoms with Crippen LogP contribution in [-0.2, 0) is 17.9 Å². The molecular weight excluding hydrogens is 216 g/mol. The molecule has 0 aliphatic heterocycles. The van der Waals surface area contributed by atoms with Gasteiger partial charge in [0, 0.05) is 11.6 Å². The highest BCUT2D eigenvalue weighted by atomic mass is 19.3. The van der Waals surface area contributed by atoms with Crippen LogP contribution in [-0.4, -0.2) is 19.1 Å². The Kier molecular flexibility index (Phi) is 3.90. The van der Waals surface area contributed by atoms with Crippen molar-refractivity contribution in [1.29, 1.82) is 0 Å². The molecule has 1 aliphatic carbocycles. The lowest BCUT2D eigenvalue weighted by Crippen LogP contribution is -2.16. The molecule has 1 aliphatic rings. The molecule has 1 aromatic heterocycles. The van der Waals surface area contributed by atoms with E-state index in [0.29, 0.717) is 12.6 Å². The van der Waals surface area contributed by atoms with E-state index in [-0.39, 0.29) is 6.61 Å². The normalized spacial score (nSPS) is 15.9. The standard InChI is InChI=1S/C11H15F2NO2/c12-11(13)7-15-6-8-3-4-16-10(8)5-14-9-1-2-9/h3-4,9,11,14H,1-2,5-7H2. The second-order valence-corrected chi connectivity index (χ2v) is 3.93. The molecule has 0 saturated heterocycles. The van der Waals surface area contributed by atoms with Gasteiger partial charge >= 0.3 is 0 Å². The van der Waals surface area contributed by atoms with Crippen LogP contribution < -0.4 is 5.32 Å². The summed E-state index contributed by atoms with van der Waals surface area (Å²) in [5.74, 6) is 0.779. The number of rotatable bonds is 7. The molecule has 0 atom stereocenters. The smallest absolute Gasteiger partial charge is 0.261 e. The molecule has 90 valence electrons. The van der Waals surface area contributed by atoms with E-state index in [4.69, 9.17) is 9.15 Å². The Morgan fingerprint density at radius 1 is 1.50 bits per heavy atom. The van der Waals surface area contributed by atoms with E-state index in [0.717, 1.165) is 11.3 Å². The van der Waals surface area contributed by atoms with E-state index in [1.165, 1.54) is 12.8 Å². The first-order chi connectivity index (χ1) is 7.75. The van der Waals surface area contributed by atoms with Gasteiger partial charge in [-0.1, -0.05) is 0 Å². The van der Waals surface area contributed by atoms with Crippen LogP contribution >= 0.6 is 0 Å². The third kappa shape index (κ3) is 3.57. The van der Waals surface area contributed by atoms with Gasteiger partial charge in [-0.2, -0.15) is 0 Å². The van der Waals surface area contributed by atoms with Gasteiger partial charge in [-0.05, 0) is 18.9 Å². The lowest BCUT2D eigenvalue weighted by Gasteiger charge is -2.05. The summed E-state index contributed by atoms with van der Waals surface area (Å²) in [6, 6.07) is 2.36. The first kappa shape index (κ1) is 11.5. The Morgan fingerprint density at radius 2 is 2.31 bits per heavy atom. The second kappa shape index (κ2) is 5.41. The first-order valence-corrected chi connectivity index (χ1v) is 5.40. The van der Waals surface area contributed by atoms with Crippen molar-refractivity contribution in [1.82, 2.24) is 5.32 Å². The van der Waals surface area contributed by atoms with Gasteiger partial charge < -0.3 is 14.5 Å². The fourth-order valence-corrected chi connectivity index (χ4v) is 1.43. The van der Waals surface area contributed by atoms with Gasteiger partial charge in [-0.15, -0.1) is 0 Å². The minimum absolute atomic E-state index is 0.183. The van der Waals surface area contributed by atoms with Crippen molar-refractivity contribution in [3.8, 4) is 0 Å². The number of nitrogens with one attached hydrogen (secondary N) is 1. The number of furan rings is 1. The third-order valence-corrected chi connectivity index (χ3v) is 2.47. The number of hydrogen-bond acceptors (Lipinski definition) is 3. The number of ether oxygens (including phenoxy) is 1. The molecular formula is C11H15F2NO2. The molecule has 2 rings (SSSR count). The fraction of sp³-hybridized carbons (Fsp3) is 0.636. The van der Waals surface area contributed by atoms with E-state index >= 15 is 0 Å². The topological polar surface area (TPSA) is 34.4 Å². The summed E-state index contributed by atoms with van der Waals surface area (Å²) in [6.45, 7) is 0.300. The molecule has 0 bridgehead atoms. The number of hydrogen-bond donors (Lipinski definition) is 1. The van der Waals surface area contributed by atoms with Crippen LogP contribution in [0.25, 0.3) is 0 Å². The highest BCUT2D eigenvalue weighted by Crippen LogP contribution is 2.20. The van der Waals surface area contributed by atoms with Crippen LogP contribution in [0.5, 0.6) is 0 Å². The quantitative estimate of drug-likeness (QED) is 0.782. The summed E-state index contributed by atoms with van der Waals surface area (Å²) < 4.78 is 33.9. The van der Waals surface area contributed by atoms with Crippen molar-refractivity contribution in [3.05, 3.63) is 23.7 Å². The van der Waals surface area contributed by atoms with Gasteiger partial charge in [-0.25, -0.2) is 8.78 Å². The first-order valence-electron chi connectivity index (χ1n) is 5.40. The zero-order valence-corrected chi connectivity index (χ0v) is 8.92. The maximum absolute atomic E-state index is 11.9. The molecule has 1 aromatic rings. The van der Waals surface area contributed by atoms with Crippen LogP contribution in [0.1, 0.15) is 24.2 Å². The van der Waals surface area contributed by atoms with Crippen LogP contribution in [0, 0.1) is 0 Å². The SMILES string of the molecule is FC(F)COCc1ccoc1CNC1CC1. The lowest BCUT2D eigenvalue weighted by molar-refractivity contribution is 0.00941. The molecule has 3 nitrogen and oxygen atoms in total. The molecule has 16 heavy (non-hydrogen) atoms.